The Morgan fingerprint density at radius 2 is 2.07 bits per heavy atom. The van der Waals surface area contributed by atoms with E-state index in [1.807, 2.05) is 20.8 Å². The lowest BCUT2D eigenvalue weighted by Gasteiger charge is -2.32. The van der Waals surface area contributed by atoms with E-state index >= 15 is 0 Å². The van der Waals surface area contributed by atoms with Gasteiger partial charge in [-0.25, -0.2) is 9.78 Å². The first-order chi connectivity index (χ1) is 12.6. The smallest absolute Gasteiger partial charge is 0.410 e. The average Bonchev–Trinajstić information content (AvgIpc) is 2.60. The molecule has 0 spiro atoms. The molecule has 0 unspecified atom stereocenters. The molecule has 27 heavy (non-hydrogen) atoms. The van der Waals surface area contributed by atoms with Gasteiger partial charge in [-0.3, -0.25) is 10.8 Å². The number of carbonyl (C=O) groups excluding carboxylic acids is 1. The van der Waals surface area contributed by atoms with Gasteiger partial charge in [0.2, 0.25) is 5.04 Å². The van der Waals surface area contributed by atoms with Gasteiger partial charge in [0.15, 0.2) is 0 Å². The number of hydrogen-bond donors (Lipinski definition) is 3. The standard InChI is InChI=1S/C18H26ClN5O2S/c1-18(2,3)26-17(25)24-7-5-11(6-8-24)15(20)27-16(21)12-10-23-14(19)9-13(12)22-4/h9-11,20-21H,5-8H2,1-4H3,(H,22,23)/p+1. The van der Waals surface area contributed by atoms with Crippen LogP contribution in [0, 0.1) is 11.3 Å². The molecule has 7 nitrogen and oxygen atoms in total. The lowest BCUT2D eigenvalue weighted by Crippen LogP contribution is -2.48. The van der Waals surface area contributed by atoms with Crippen LogP contribution in [-0.4, -0.2) is 51.8 Å². The third-order valence-electron chi connectivity index (χ3n) is 4.15. The minimum Gasteiger partial charge on any atom is -0.444 e. The monoisotopic (exact) mass is 412 g/mol. The Morgan fingerprint density at radius 1 is 1.44 bits per heavy atom. The molecule has 2 heterocycles. The number of aromatic nitrogens is 1. The molecule has 0 atom stereocenters. The second kappa shape index (κ2) is 8.93. The van der Waals surface area contributed by atoms with E-state index in [1.165, 1.54) is 11.8 Å². The zero-order valence-electron chi connectivity index (χ0n) is 16.1. The summed E-state index contributed by atoms with van der Waals surface area (Å²) in [4.78, 5) is 17.9. The van der Waals surface area contributed by atoms with Crippen LogP contribution in [0.4, 0.5) is 10.5 Å². The molecule has 0 aliphatic carbocycles. The van der Waals surface area contributed by atoms with Gasteiger partial charge in [-0.2, -0.15) is 0 Å². The highest BCUT2D eigenvalue weighted by Crippen LogP contribution is 2.28. The molecule has 1 fully saturated rings. The number of rotatable bonds is 3. The van der Waals surface area contributed by atoms with Crippen molar-refractivity contribution in [3.8, 4) is 0 Å². The zero-order valence-corrected chi connectivity index (χ0v) is 17.7. The molecule has 1 aromatic rings. The highest BCUT2D eigenvalue weighted by atomic mass is 35.5. The summed E-state index contributed by atoms with van der Waals surface area (Å²) in [5.74, 6) is 0.146. The maximum Gasteiger partial charge on any atom is 0.410 e. The molecule has 9 heteroatoms. The molecular formula is C18H27ClN5O2S+. The van der Waals surface area contributed by atoms with Crippen LogP contribution in [0.15, 0.2) is 12.3 Å². The summed E-state index contributed by atoms with van der Waals surface area (Å²) in [6.07, 6.45) is 2.79. The van der Waals surface area contributed by atoms with Crippen LogP contribution in [-0.2, 0) is 4.74 Å². The number of carbonyl (C=O) groups is 1. The Morgan fingerprint density at radius 3 is 2.63 bits per heavy atom. The number of hydrogen-bond acceptors (Lipinski definition) is 6. The van der Waals surface area contributed by atoms with Crippen molar-refractivity contribution in [1.29, 1.82) is 5.41 Å². The summed E-state index contributed by atoms with van der Waals surface area (Å²) in [5.41, 5.74) is 0.892. The highest BCUT2D eigenvalue weighted by molar-refractivity contribution is 8.26. The molecule has 1 aliphatic rings. The molecule has 1 saturated heterocycles. The summed E-state index contributed by atoms with van der Waals surface area (Å²) in [6, 6.07) is 1.68. The van der Waals surface area contributed by atoms with E-state index in [2.05, 4.69) is 10.3 Å². The van der Waals surface area contributed by atoms with Crippen molar-refractivity contribution in [2.75, 3.05) is 25.5 Å². The maximum absolute atomic E-state index is 12.2. The first-order valence-corrected chi connectivity index (χ1v) is 10.0. The van der Waals surface area contributed by atoms with E-state index in [0.29, 0.717) is 33.9 Å². The molecule has 4 N–H and O–H groups in total. The Labute approximate surface area is 169 Å². The van der Waals surface area contributed by atoms with E-state index in [9.17, 15) is 4.79 Å². The third kappa shape index (κ3) is 6.10. The quantitative estimate of drug-likeness (QED) is 0.402. The number of nitrogens with two attached hydrogens (primary N) is 1. The fourth-order valence-corrected chi connectivity index (χ4v) is 3.82. The second-order valence-corrected chi connectivity index (χ2v) is 8.85. The van der Waals surface area contributed by atoms with Crippen LogP contribution < -0.4 is 10.7 Å². The van der Waals surface area contributed by atoms with Crippen molar-refractivity contribution in [3.63, 3.8) is 0 Å². The SMILES string of the molecule is CNc1cc(Cl)ncc1C(=N)SC(=[NH2+])C1CCN(C(=O)OC(C)(C)C)CC1. The van der Waals surface area contributed by atoms with Gasteiger partial charge in [0, 0.05) is 37.6 Å². The first kappa shape index (κ1) is 21.5. The fourth-order valence-electron chi connectivity index (χ4n) is 2.75. The zero-order chi connectivity index (χ0) is 20.2. The number of nitrogens with zero attached hydrogens (tertiary/aromatic N) is 2. The lowest BCUT2D eigenvalue weighted by atomic mass is 9.98. The Hall–Kier alpha value is -1.80. The summed E-state index contributed by atoms with van der Waals surface area (Å²) in [7, 11) is 1.77. The Balaban J connectivity index is 1.91. The van der Waals surface area contributed by atoms with Crippen LogP contribution in [0.3, 0.4) is 0 Å². The van der Waals surface area contributed by atoms with Crippen molar-refractivity contribution < 1.29 is 14.9 Å². The molecule has 0 bridgehead atoms. The number of thioether (sulfide) groups is 1. The number of amides is 1. The van der Waals surface area contributed by atoms with Crippen molar-refractivity contribution in [3.05, 3.63) is 23.0 Å². The molecular weight excluding hydrogens is 386 g/mol. The van der Waals surface area contributed by atoms with Crippen LogP contribution in [0.25, 0.3) is 0 Å². The fraction of sp³-hybridized carbons (Fsp3) is 0.556. The molecule has 1 amide bonds. The predicted octanol–water partition coefficient (Wildman–Crippen LogP) is 2.64. The minimum absolute atomic E-state index is 0.146. The summed E-state index contributed by atoms with van der Waals surface area (Å²) >= 11 is 7.14. The van der Waals surface area contributed by atoms with Crippen LogP contribution >= 0.6 is 23.4 Å². The van der Waals surface area contributed by atoms with E-state index < -0.39 is 5.60 Å². The molecule has 1 aromatic heterocycles. The maximum atomic E-state index is 12.2. The Kier molecular flexibility index (Phi) is 7.11. The van der Waals surface area contributed by atoms with Gasteiger partial charge >= 0.3 is 6.09 Å². The Bertz CT molecular complexity index is 727. The molecule has 0 saturated carbocycles. The minimum atomic E-state index is -0.498. The van der Waals surface area contributed by atoms with Crippen molar-refractivity contribution in [1.82, 2.24) is 9.88 Å². The van der Waals surface area contributed by atoms with Crippen LogP contribution in [0.2, 0.25) is 5.15 Å². The number of halogens is 1. The van der Waals surface area contributed by atoms with E-state index in [1.54, 1.807) is 24.2 Å². The van der Waals surface area contributed by atoms with Gasteiger partial charge in [0.25, 0.3) is 0 Å². The van der Waals surface area contributed by atoms with Gasteiger partial charge in [-0.05, 0) is 51.4 Å². The first-order valence-electron chi connectivity index (χ1n) is 8.81. The van der Waals surface area contributed by atoms with Gasteiger partial charge < -0.3 is 15.0 Å². The van der Waals surface area contributed by atoms with E-state index in [0.717, 1.165) is 18.5 Å². The van der Waals surface area contributed by atoms with E-state index in [4.69, 9.17) is 27.2 Å². The number of nitrogens with one attached hydrogen (secondary N) is 2. The van der Waals surface area contributed by atoms with Crippen molar-refractivity contribution in [2.45, 2.75) is 39.2 Å². The summed E-state index contributed by atoms with van der Waals surface area (Å²) in [5, 5.41) is 19.0. The van der Waals surface area contributed by atoms with Gasteiger partial charge in [0.05, 0.1) is 5.92 Å². The van der Waals surface area contributed by atoms with E-state index in [-0.39, 0.29) is 12.0 Å². The highest BCUT2D eigenvalue weighted by Gasteiger charge is 2.31. The summed E-state index contributed by atoms with van der Waals surface area (Å²) < 4.78 is 5.42. The van der Waals surface area contributed by atoms with Gasteiger partial charge in [-0.15, -0.1) is 0 Å². The van der Waals surface area contributed by atoms with Crippen molar-refractivity contribution in [2.24, 2.45) is 5.92 Å². The van der Waals surface area contributed by atoms with Gasteiger partial charge in [0.1, 0.15) is 15.8 Å². The number of pyridine rings is 1. The topological polar surface area (TPSA) is 104 Å². The predicted molar refractivity (Wildman–Crippen MR) is 111 cm³/mol. The molecule has 0 radical (unpaired) electrons. The number of likely N-dealkylation sites (tertiary alicyclic amines) is 1. The number of ether oxygens (including phenoxy) is 1. The number of anilines is 1. The molecule has 0 aromatic carbocycles. The second-order valence-electron chi connectivity index (χ2n) is 7.38. The van der Waals surface area contributed by atoms with Crippen molar-refractivity contribution >= 4 is 45.2 Å². The lowest BCUT2D eigenvalue weighted by molar-refractivity contribution is -0.115. The summed E-state index contributed by atoms with van der Waals surface area (Å²) in [6.45, 7) is 6.76. The molecule has 148 valence electrons. The largest absolute Gasteiger partial charge is 0.444 e. The normalized spacial score (nSPS) is 15.4. The van der Waals surface area contributed by atoms with Gasteiger partial charge in [-0.1, -0.05) is 11.6 Å². The molecule has 2 rings (SSSR count). The molecule has 1 aliphatic heterocycles. The third-order valence-corrected chi connectivity index (χ3v) is 5.35. The average molecular weight is 413 g/mol. The van der Waals surface area contributed by atoms with Crippen LogP contribution in [0.1, 0.15) is 39.2 Å². The van der Waals surface area contributed by atoms with Crippen LogP contribution in [0.5, 0.6) is 0 Å². The number of piperidine rings is 1.